The number of carboxylic acid groups (broad SMARTS) is 1. The maximum atomic E-state index is 11.0. The Balaban J connectivity index is 1.60. The number of pyridine rings is 1. The third-order valence-electron chi connectivity index (χ3n) is 4.49. The maximum Gasteiger partial charge on any atom is 0.320 e. The number of carbonyl (C=O) groups is 1. The van der Waals surface area contributed by atoms with Crippen LogP contribution in [0.1, 0.15) is 23.7 Å². The number of carboxylic acids is 1. The largest absolute Gasteiger partial charge is 0.487 e. The molecule has 1 aromatic carbocycles. The molecule has 2 aromatic heterocycles. The van der Waals surface area contributed by atoms with Gasteiger partial charge in [-0.3, -0.25) is 9.69 Å². The number of aromatic nitrogens is 2. The molecular formula is C20H23N3O3. The molecule has 0 spiro atoms. The van der Waals surface area contributed by atoms with E-state index < -0.39 is 12.0 Å². The third kappa shape index (κ3) is 4.03. The Labute approximate surface area is 152 Å². The number of imidazole rings is 1. The SMILES string of the molecule is Cc1cccn2cc(COc3ccc(CN(C)C(C)C(=O)O)cc3)nc12. The summed E-state index contributed by atoms with van der Waals surface area (Å²) in [7, 11) is 1.80. The first-order valence-electron chi connectivity index (χ1n) is 8.52. The van der Waals surface area contributed by atoms with Crippen LogP contribution in [-0.2, 0) is 17.9 Å². The summed E-state index contributed by atoms with van der Waals surface area (Å²) in [6.07, 6.45) is 3.95. The molecule has 3 aromatic rings. The van der Waals surface area contributed by atoms with Gasteiger partial charge >= 0.3 is 5.97 Å². The summed E-state index contributed by atoms with van der Waals surface area (Å²) in [5.74, 6) is -0.0633. The smallest absolute Gasteiger partial charge is 0.320 e. The van der Waals surface area contributed by atoms with E-state index in [-0.39, 0.29) is 0 Å². The zero-order valence-electron chi connectivity index (χ0n) is 15.2. The van der Waals surface area contributed by atoms with Crippen LogP contribution in [-0.4, -0.2) is 38.4 Å². The number of likely N-dealkylation sites (N-methyl/N-ethyl adjacent to an activating group) is 1. The molecule has 1 N–H and O–H groups in total. The highest BCUT2D eigenvalue weighted by Gasteiger charge is 2.16. The van der Waals surface area contributed by atoms with Crippen LogP contribution in [0.5, 0.6) is 5.75 Å². The standard InChI is InChI=1S/C20H23N3O3/c1-14-5-4-10-23-12-17(21-19(14)23)13-26-18-8-6-16(7-9-18)11-22(3)15(2)20(24)25/h4-10,12,15H,11,13H2,1-3H3,(H,24,25). The summed E-state index contributed by atoms with van der Waals surface area (Å²) in [4.78, 5) is 17.4. The Kier molecular flexibility index (Phi) is 5.23. The van der Waals surface area contributed by atoms with Crippen LogP contribution in [0.15, 0.2) is 48.8 Å². The summed E-state index contributed by atoms with van der Waals surface area (Å²) in [5.41, 5.74) is 3.98. The van der Waals surface area contributed by atoms with Crippen LogP contribution in [0.4, 0.5) is 0 Å². The molecule has 6 nitrogen and oxygen atoms in total. The van der Waals surface area contributed by atoms with Crippen LogP contribution >= 0.6 is 0 Å². The van der Waals surface area contributed by atoms with Gasteiger partial charge in [-0.05, 0) is 50.2 Å². The molecule has 0 aliphatic carbocycles. The average Bonchev–Trinajstić information content (AvgIpc) is 3.05. The number of aryl methyl sites for hydroxylation is 1. The van der Waals surface area contributed by atoms with Crippen molar-refractivity contribution in [3.8, 4) is 5.75 Å². The number of benzene rings is 1. The zero-order chi connectivity index (χ0) is 18.7. The summed E-state index contributed by atoms with van der Waals surface area (Å²) in [6, 6.07) is 11.2. The number of fused-ring (bicyclic) bond motifs is 1. The van der Waals surface area contributed by atoms with E-state index >= 15 is 0 Å². The minimum Gasteiger partial charge on any atom is -0.487 e. The van der Waals surface area contributed by atoms with Gasteiger partial charge in [0.2, 0.25) is 0 Å². The lowest BCUT2D eigenvalue weighted by Gasteiger charge is -2.21. The fraction of sp³-hybridized carbons (Fsp3) is 0.300. The first-order valence-corrected chi connectivity index (χ1v) is 8.52. The van der Waals surface area contributed by atoms with Gasteiger partial charge in [0.25, 0.3) is 0 Å². The van der Waals surface area contributed by atoms with E-state index in [1.165, 1.54) is 0 Å². The second-order valence-electron chi connectivity index (χ2n) is 6.52. The van der Waals surface area contributed by atoms with Crippen molar-refractivity contribution < 1.29 is 14.6 Å². The fourth-order valence-electron chi connectivity index (χ4n) is 2.74. The van der Waals surface area contributed by atoms with Crippen molar-refractivity contribution in [1.82, 2.24) is 14.3 Å². The average molecular weight is 353 g/mol. The van der Waals surface area contributed by atoms with E-state index in [0.717, 1.165) is 28.2 Å². The number of rotatable bonds is 7. The van der Waals surface area contributed by atoms with E-state index in [1.807, 2.05) is 60.1 Å². The van der Waals surface area contributed by atoms with Crippen molar-refractivity contribution in [2.24, 2.45) is 0 Å². The Morgan fingerprint density at radius 2 is 2.04 bits per heavy atom. The van der Waals surface area contributed by atoms with E-state index in [2.05, 4.69) is 4.98 Å². The van der Waals surface area contributed by atoms with Gasteiger partial charge in [0.1, 0.15) is 24.0 Å². The minimum absolute atomic E-state index is 0.399. The molecule has 1 unspecified atom stereocenters. The Morgan fingerprint density at radius 3 is 2.69 bits per heavy atom. The van der Waals surface area contributed by atoms with Crippen LogP contribution in [0, 0.1) is 6.92 Å². The lowest BCUT2D eigenvalue weighted by Crippen LogP contribution is -2.35. The highest BCUT2D eigenvalue weighted by molar-refractivity contribution is 5.72. The monoisotopic (exact) mass is 353 g/mol. The molecule has 0 aliphatic rings. The van der Waals surface area contributed by atoms with Gasteiger partial charge in [-0.25, -0.2) is 4.98 Å². The second kappa shape index (κ2) is 7.58. The highest BCUT2D eigenvalue weighted by Crippen LogP contribution is 2.17. The van der Waals surface area contributed by atoms with Gasteiger partial charge in [-0.2, -0.15) is 0 Å². The van der Waals surface area contributed by atoms with Crippen molar-refractivity contribution in [3.05, 3.63) is 65.6 Å². The topological polar surface area (TPSA) is 67.1 Å². The van der Waals surface area contributed by atoms with Gasteiger partial charge in [0, 0.05) is 18.9 Å². The van der Waals surface area contributed by atoms with Gasteiger partial charge in [0.15, 0.2) is 0 Å². The predicted molar refractivity (Wildman–Crippen MR) is 99.3 cm³/mol. The molecule has 0 bridgehead atoms. The number of aliphatic carboxylic acids is 1. The van der Waals surface area contributed by atoms with E-state index in [1.54, 1.807) is 18.9 Å². The molecule has 0 fully saturated rings. The number of ether oxygens (including phenoxy) is 1. The van der Waals surface area contributed by atoms with Gasteiger partial charge in [-0.1, -0.05) is 18.2 Å². The lowest BCUT2D eigenvalue weighted by atomic mass is 10.2. The summed E-state index contributed by atoms with van der Waals surface area (Å²) >= 11 is 0. The molecule has 0 amide bonds. The lowest BCUT2D eigenvalue weighted by molar-refractivity contribution is -0.142. The van der Waals surface area contributed by atoms with Crippen molar-refractivity contribution in [2.75, 3.05) is 7.05 Å². The van der Waals surface area contributed by atoms with Gasteiger partial charge in [-0.15, -0.1) is 0 Å². The minimum atomic E-state index is -0.824. The second-order valence-corrected chi connectivity index (χ2v) is 6.52. The first kappa shape index (κ1) is 17.9. The molecule has 1 atom stereocenters. The van der Waals surface area contributed by atoms with E-state index in [0.29, 0.717) is 13.2 Å². The number of hydrogen-bond acceptors (Lipinski definition) is 4. The zero-order valence-corrected chi connectivity index (χ0v) is 15.2. The molecule has 2 heterocycles. The molecule has 0 saturated heterocycles. The molecule has 26 heavy (non-hydrogen) atoms. The Bertz CT molecular complexity index is 902. The molecule has 136 valence electrons. The molecule has 3 rings (SSSR count). The normalized spacial score (nSPS) is 12.5. The number of hydrogen-bond donors (Lipinski definition) is 1. The maximum absolute atomic E-state index is 11.0. The van der Waals surface area contributed by atoms with Gasteiger partial charge in [0.05, 0.1) is 5.69 Å². The predicted octanol–water partition coefficient (Wildman–Crippen LogP) is 3.13. The molecule has 0 aliphatic heterocycles. The molecular weight excluding hydrogens is 330 g/mol. The highest BCUT2D eigenvalue weighted by atomic mass is 16.5. The first-order chi connectivity index (χ1) is 12.4. The number of nitrogens with zero attached hydrogens (tertiary/aromatic N) is 3. The van der Waals surface area contributed by atoms with Crippen LogP contribution in [0.25, 0.3) is 5.65 Å². The van der Waals surface area contributed by atoms with Crippen LogP contribution < -0.4 is 4.74 Å². The quantitative estimate of drug-likeness (QED) is 0.707. The molecule has 6 heteroatoms. The van der Waals surface area contributed by atoms with E-state index in [4.69, 9.17) is 9.84 Å². The van der Waals surface area contributed by atoms with Crippen molar-refractivity contribution >= 4 is 11.6 Å². The summed E-state index contributed by atoms with van der Waals surface area (Å²) < 4.78 is 7.82. The Hall–Kier alpha value is -2.86. The van der Waals surface area contributed by atoms with Crippen LogP contribution in [0.2, 0.25) is 0 Å². The summed E-state index contributed by atoms with van der Waals surface area (Å²) in [5, 5.41) is 9.05. The van der Waals surface area contributed by atoms with Crippen LogP contribution in [0.3, 0.4) is 0 Å². The van der Waals surface area contributed by atoms with Gasteiger partial charge < -0.3 is 14.2 Å². The molecule has 0 saturated carbocycles. The van der Waals surface area contributed by atoms with Crippen molar-refractivity contribution in [1.29, 1.82) is 0 Å². The molecule has 0 radical (unpaired) electrons. The van der Waals surface area contributed by atoms with Crippen molar-refractivity contribution in [2.45, 2.75) is 33.0 Å². The van der Waals surface area contributed by atoms with Crippen molar-refractivity contribution in [3.63, 3.8) is 0 Å². The summed E-state index contributed by atoms with van der Waals surface area (Å²) in [6.45, 7) is 4.68. The Morgan fingerprint density at radius 1 is 1.31 bits per heavy atom. The van der Waals surface area contributed by atoms with E-state index in [9.17, 15) is 4.79 Å². The fourth-order valence-corrected chi connectivity index (χ4v) is 2.74. The third-order valence-corrected chi connectivity index (χ3v) is 4.49.